The van der Waals surface area contributed by atoms with Crippen LogP contribution < -0.4 is 5.73 Å². The minimum Gasteiger partial charge on any atom is -0.449 e. The van der Waals surface area contributed by atoms with E-state index in [0.29, 0.717) is 12.5 Å². The number of aromatic nitrogens is 1. The molecule has 1 unspecified atom stereocenters. The summed E-state index contributed by atoms with van der Waals surface area (Å²) in [6.07, 6.45) is 3.86. The van der Waals surface area contributed by atoms with Crippen molar-refractivity contribution >= 4 is 0 Å². The lowest BCUT2D eigenvalue weighted by atomic mass is 10.1. The fourth-order valence-electron chi connectivity index (χ4n) is 1.98. The molecule has 14 heavy (non-hydrogen) atoms. The summed E-state index contributed by atoms with van der Waals surface area (Å²) in [6, 6.07) is 0. The molecule has 2 N–H and O–H groups in total. The molecule has 4 heteroatoms. The third-order valence-electron chi connectivity index (χ3n) is 2.76. The van der Waals surface area contributed by atoms with E-state index >= 15 is 0 Å². The highest BCUT2D eigenvalue weighted by molar-refractivity contribution is 4.97. The van der Waals surface area contributed by atoms with Crippen molar-refractivity contribution in [3.05, 3.63) is 17.8 Å². The van der Waals surface area contributed by atoms with Crippen molar-refractivity contribution in [2.45, 2.75) is 19.4 Å². The molecule has 0 amide bonds. The monoisotopic (exact) mass is 195 g/mol. The molecule has 2 heterocycles. The van der Waals surface area contributed by atoms with Gasteiger partial charge in [0, 0.05) is 19.5 Å². The first kappa shape index (κ1) is 9.68. The summed E-state index contributed by atoms with van der Waals surface area (Å²) in [7, 11) is 2.15. The number of hydrogen-bond donors (Lipinski definition) is 1. The molecule has 1 saturated heterocycles. The number of nitrogens with zero attached hydrogens (tertiary/aromatic N) is 2. The maximum atomic E-state index is 5.46. The zero-order chi connectivity index (χ0) is 9.97. The standard InChI is InChI=1S/C10H17N3O/c1-13-3-2-8(6-13)4-10-12-9(5-11)7-14-10/h7-8H,2-6,11H2,1H3. The fraction of sp³-hybridized carbons (Fsp3) is 0.700. The number of hydrogen-bond acceptors (Lipinski definition) is 4. The molecule has 1 atom stereocenters. The van der Waals surface area contributed by atoms with Crippen LogP contribution in [0.25, 0.3) is 0 Å². The third-order valence-corrected chi connectivity index (χ3v) is 2.76. The van der Waals surface area contributed by atoms with Crippen LogP contribution in [0.5, 0.6) is 0 Å². The van der Waals surface area contributed by atoms with Crippen LogP contribution in [-0.2, 0) is 13.0 Å². The quantitative estimate of drug-likeness (QED) is 0.768. The highest BCUT2D eigenvalue weighted by atomic mass is 16.3. The number of nitrogens with two attached hydrogens (primary N) is 1. The Hall–Kier alpha value is -0.870. The molecule has 1 aromatic heterocycles. The van der Waals surface area contributed by atoms with E-state index in [0.717, 1.165) is 24.6 Å². The van der Waals surface area contributed by atoms with Gasteiger partial charge in [-0.25, -0.2) is 4.98 Å². The summed E-state index contributed by atoms with van der Waals surface area (Å²) in [5, 5.41) is 0. The van der Waals surface area contributed by atoms with E-state index < -0.39 is 0 Å². The normalized spacial score (nSPS) is 23.1. The largest absolute Gasteiger partial charge is 0.449 e. The number of likely N-dealkylation sites (tertiary alicyclic amines) is 1. The van der Waals surface area contributed by atoms with E-state index in [-0.39, 0.29) is 0 Å². The topological polar surface area (TPSA) is 55.3 Å². The molecule has 1 fully saturated rings. The van der Waals surface area contributed by atoms with Gasteiger partial charge in [0.05, 0.1) is 5.69 Å². The zero-order valence-electron chi connectivity index (χ0n) is 8.57. The highest BCUT2D eigenvalue weighted by Crippen LogP contribution is 2.19. The van der Waals surface area contributed by atoms with Crippen LogP contribution in [-0.4, -0.2) is 30.0 Å². The van der Waals surface area contributed by atoms with Crippen LogP contribution in [0.2, 0.25) is 0 Å². The van der Waals surface area contributed by atoms with Crippen molar-refractivity contribution in [2.24, 2.45) is 11.7 Å². The fourth-order valence-corrected chi connectivity index (χ4v) is 1.98. The van der Waals surface area contributed by atoms with Crippen LogP contribution in [0.1, 0.15) is 18.0 Å². The van der Waals surface area contributed by atoms with Crippen molar-refractivity contribution in [2.75, 3.05) is 20.1 Å². The molecule has 1 aliphatic rings. The predicted molar refractivity (Wildman–Crippen MR) is 53.7 cm³/mol. The van der Waals surface area contributed by atoms with Crippen LogP contribution >= 0.6 is 0 Å². The molecule has 4 nitrogen and oxygen atoms in total. The summed E-state index contributed by atoms with van der Waals surface area (Å²) in [5.74, 6) is 1.54. The Morgan fingerprint density at radius 3 is 3.14 bits per heavy atom. The average molecular weight is 195 g/mol. The van der Waals surface area contributed by atoms with Crippen molar-refractivity contribution in [3.8, 4) is 0 Å². The molecule has 0 radical (unpaired) electrons. The number of oxazole rings is 1. The first-order chi connectivity index (χ1) is 6.78. The second-order valence-electron chi connectivity index (χ2n) is 4.06. The van der Waals surface area contributed by atoms with Gasteiger partial charge in [0.25, 0.3) is 0 Å². The second kappa shape index (κ2) is 4.11. The molecule has 0 aliphatic carbocycles. The van der Waals surface area contributed by atoms with E-state index in [1.165, 1.54) is 13.0 Å². The van der Waals surface area contributed by atoms with Crippen molar-refractivity contribution in [1.29, 1.82) is 0 Å². The smallest absolute Gasteiger partial charge is 0.194 e. The Bertz CT molecular complexity index is 297. The minimum absolute atomic E-state index is 0.466. The minimum atomic E-state index is 0.466. The van der Waals surface area contributed by atoms with E-state index in [1.54, 1.807) is 6.26 Å². The Balaban J connectivity index is 1.90. The molecular formula is C10H17N3O. The van der Waals surface area contributed by atoms with E-state index in [4.69, 9.17) is 10.2 Å². The Kier molecular flexibility index (Phi) is 2.84. The Labute approximate surface area is 84.1 Å². The summed E-state index contributed by atoms with van der Waals surface area (Å²) >= 11 is 0. The highest BCUT2D eigenvalue weighted by Gasteiger charge is 2.21. The first-order valence-electron chi connectivity index (χ1n) is 5.10. The average Bonchev–Trinajstić information content (AvgIpc) is 2.76. The maximum Gasteiger partial charge on any atom is 0.194 e. The lowest BCUT2D eigenvalue weighted by Crippen LogP contribution is -2.15. The molecule has 0 aromatic carbocycles. The van der Waals surface area contributed by atoms with Gasteiger partial charge in [-0.3, -0.25) is 0 Å². The van der Waals surface area contributed by atoms with E-state index in [1.807, 2.05) is 0 Å². The molecule has 2 rings (SSSR count). The lowest BCUT2D eigenvalue weighted by Gasteiger charge is -2.07. The van der Waals surface area contributed by atoms with Crippen LogP contribution in [0.15, 0.2) is 10.7 Å². The SMILES string of the molecule is CN1CCC(Cc2nc(CN)co2)C1. The number of rotatable bonds is 3. The molecule has 0 saturated carbocycles. The molecule has 78 valence electrons. The zero-order valence-corrected chi connectivity index (χ0v) is 8.57. The maximum absolute atomic E-state index is 5.46. The lowest BCUT2D eigenvalue weighted by molar-refractivity contribution is 0.379. The summed E-state index contributed by atoms with van der Waals surface area (Å²) in [5.41, 5.74) is 6.32. The Morgan fingerprint density at radius 2 is 2.57 bits per heavy atom. The van der Waals surface area contributed by atoms with Crippen LogP contribution in [0.4, 0.5) is 0 Å². The molecule has 0 bridgehead atoms. The van der Waals surface area contributed by atoms with Gasteiger partial charge in [0.2, 0.25) is 0 Å². The van der Waals surface area contributed by atoms with Gasteiger partial charge in [0.15, 0.2) is 5.89 Å². The van der Waals surface area contributed by atoms with Gasteiger partial charge in [-0.1, -0.05) is 0 Å². The van der Waals surface area contributed by atoms with Crippen molar-refractivity contribution < 1.29 is 4.42 Å². The van der Waals surface area contributed by atoms with Gasteiger partial charge in [0.1, 0.15) is 6.26 Å². The van der Waals surface area contributed by atoms with Gasteiger partial charge < -0.3 is 15.1 Å². The Morgan fingerprint density at radius 1 is 1.71 bits per heavy atom. The molecule has 0 spiro atoms. The third kappa shape index (κ3) is 2.13. The van der Waals surface area contributed by atoms with Gasteiger partial charge in [-0.15, -0.1) is 0 Å². The van der Waals surface area contributed by atoms with Gasteiger partial charge in [-0.2, -0.15) is 0 Å². The molecule has 1 aromatic rings. The van der Waals surface area contributed by atoms with Crippen LogP contribution in [0.3, 0.4) is 0 Å². The van der Waals surface area contributed by atoms with Crippen molar-refractivity contribution in [3.63, 3.8) is 0 Å². The first-order valence-corrected chi connectivity index (χ1v) is 5.10. The van der Waals surface area contributed by atoms with Gasteiger partial charge in [-0.05, 0) is 25.9 Å². The van der Waals surface area contributed by atoms with E-state index in [9.17, 15) is 0 Å². The van der Waals surface area contributed by atoms with E-state index in [2.05, 4.69) is 16.9 Å². The van der Waals surface area contributed by atoms with Crippen LogP contribution in [0, 0.1) is 5.92 Å². The van der Waals surface area contributed by atoms with Gasteiger partial charge >= 0.3 is 0 Å². The molecule has 1 aliphatic heterocycles. The second-order valence-corrected chi connectivity index (χ2v) is 4.06. The summed E-state index contributed by atoms with van der Waals surface area (Å²) < 4.78 is 5.34. The summed E-state index contributed by atoms with van der Waals surface area (Å²) in [6.45, 7) is 2.81. The predicted octanol–water partition coefficient (Wildman–Crippen LogP) is 0.628. The molecular weight excluding hydrogens is 178 g/mol. The van der Waals surface area contributed by atoms with Crippen molar-refractivity contribution in [1.82, 2.24) is 9.88 Å². The summed E-state index contributed by atoms with van der Waals surface area (Å²) in [4.78, 5) is 6.65.